The van der Waals surface area contributed by atoms with E-state index in [0.29, 0.717) is 6.61 Å². The van der Waals surface area contributed by atoms with Crippen LogP contribution in [-0.4, -0.2) is 64.4 Å². The minimum atomic E-state index is -1.09. The molecule has 3 N–H and O–H groups in total. The number of aromatic hydroxyl groups is 1. The molecular weight excluding hydrogens is 476 g/mol. The Balaban J connectivity index is 1.94. The van der Waals surface area contributed by atoms with Gasteiger partial charge in [-0.3, -0.25) is 14.4 Å². The predicted molar refractivity (Wildman–Crippen MR) is 118 cm³/mol. The molecule has 0 bridgehead atoms. The number of ether oxygens (including phenoxy) is 1. The summed E-state index contributed by atoms with van der Waals surface area (Å²) in [5.41, 5.74) is -1.99. The van der Waals surface area contributed by atoms with Crippen LogP contribution in [0.3, 0.4) is 0 Å². The van der Waals surface area contributed by atoms with Crippen molar-refractivity contribution >= 4 is 23.4 Å². The number of nitrogens with one attached hydrogen (secondary N) is 1. The van der Waals surface area contributed by atoms with Crippen LogP contribution in [0.25, 0.3) is 0 Å². The number of aromatic nitrogens is 1. The van der Waals surface area contributed by atoms with E-state index in [2.05, 4.69) is 5.32 Å². The van der Waals surface area contributed by atoms with Gasteiger partial charge in [0.1, 0.15) is 22.2 Å². The molecule has 1 atom stereocenters. The van der Waals surface area contributed by atoms with Gasteiger partial charge in [0.15, 0.2) is 11.4 Å². The molecule has 0 spiro atoms. The molecule has 0 radical (unpaired) electrons. The number of amides is 2. The fourth-order valence-electron chi connectivity index (χ4n) is 3.64. The molecule has 0 fully saturated rings. The summed E-state index contributed by atoms with van der Waals surface area (Å²) in [6.07, 6.45) is 1.89. The highest BCUT2D eigenvalue weighted by molar-refractivity contribution is 6.30. The number of benzene rings is 1. The Morgan fingerprint density at radius 3 is 2.74 bits per heavy atom. The molecule has 1 aromatic carbocycles. The largest absolute Gasteiger partial charge is 0.503 e. The van der Waals surface area contributed by atoms with Gasteiger partial charge in [-0.1, -0.05) is 24.6 Å². The number of nitrogens with zero attached hydrogens (tertiary/aromatic N) is 2. The zero-order valence-electron chi connectivity index (χ0n) is 18.3. The first-order chi connectivity index (χ1) is 16.2. The van der Waals surface area contributed by atoms with Crippen LogP contribution in [0.15, 0.2) is 23.1 Å². The van der Waals surface area contributed by atoms with Crippen molar-refractivity contribution in [1.29, 1.82) is 0 Å². The van der Waals surface area contributed by atoms with Crippen molar-refractivity contribution < 1.29 is 33.3 Å². The number of carbonyl (C=O) groups is 2. The highest BCUT2D eigenvalue weighted by atomic mass is 35.5. The van der Waals surface area contributed by atoms with Gasteiger partial charge in [-0.25, -0.2) is 8.78 Å². The van der Waals surface area contributed by atoms with Gasteiger partial charge in [-0.15, -0.1) is 0 Å². The van der Waals surface area contributed by atoms with E-state index in [-0.39, 0.29) is 37.6 Å². The Kier molecular flexibility index (Phi) is 8.24. The van der Waals surface area contributed by atoms with E-state index >= 15 is 0 Å². The van der Waals surface area contributed by atoms with E-state index in [4.69, 9.17) is 16.3 Å². The fraction of sp³-hybridized carbons (Fsp3) is 0.409. The lowest BCUT2D eigenvalue weighted by Crippen LogP contribution is -2.47. The van der Waals surface area contributed by atoms with Crippen LogP contribution < -0.4 is 10.7 Å². The zero-order valence-corrected chi connectivity index (χ0v) is 19.1. The second-order valence-electron chi connectivity index (χ2n) is 7.70. The fourth-order valence-corrected chi connectivity index (χ4v) is 3.82. The van der Waals surface area contributed by atoms with E-state index in [9.17, 15) is 33.4 Å². The number of carbonyl (C=O) groups excluding carboxylic acids is 2. The summed E-state index contributed by atoms with van der Waals surface area (Å²) in [7, 11) is 0. The summed E-state index contributed by atoms with van der Waals surface area (Å²) in [5, 5.41) is 21.4. The Morgan fingerprint density at radius 1 is 1.32 bits per heavy atom. The molecule has 34 heavy (non-hydrogen) atoms. The van der Waals surface area contributed by atoms with Gasteiger partial charge < -0.3 is 29.7 Å². The number of pyridine rings is 1. The topological polar surface area (TPSA) is 121 Å². The SMILES string of the molecule is CCCOC[C@H]1CN(CCO)C(=O)c2c(O)c(=O)c(C(=O)NCc3ccc(F)c(Cl)c3F)cn21. The Hall–Kier alpha value is -3.02. The maximum atomic E-state index is 14.1. The van der Waals surface area contributed by atoms with Gasteiger partial charge in [0.25, 0.3) is 11.8 Å². The third-order valence-electron chi connectivity index (χ3n) is 5.35. The van der Waals surface area contributed by atoms with Crippen molar-refractivity contribution in [3.05, 3.63) is 62.0 Å². The minimum absolute atomic E-state index is 0.00915. The van der Waals surface area contributed by atoms with Crippen LogP contribution in [0, 0.1) is 11.6 Å². The maximum absolute atomic E-state index is 14.1. The minimum Gasteiger partial charge on any atom is -0.503 e. The number of aliphatic hydroxyl groups excluding tert-OH is 1. The molecule has 1 aromatic heterocycles. The number of rotatable bonds is 9. The molecule has 3 rings (SSSR count). The first-order valence-corrected chi connectivity index (χ1v) is 11.0. The average Bonchev–Trinajstić information content (AvgIpc) is 2.81. The first-order valence-electron chi connectivity index (χ1n) is 10.6. The van der Waals surface area contributed by atoms with E-state index in [1.165, 1.54) is 9.47 Å². The van der Waals surface area contributed by atoms with Crippen molar-refractivity contribution in [2.24, 2.45) is 0 Å². The number of fused-ring (bicyclic) bond motifs is 1. The van der Waals surface area contributed by atoms with Crippen LogP contribution in [0.1, 0.15) is 45.8 Å². The third kappa shape index (κ3) is 5.06. The molecule has 1 aliphatic heterocycles. The lowest BCUT2D eigenvalue weighted by atomic mass is 10.1. The summed E-state index contributed by atoms with van der Waals surface area (Å²) in [6, 6.07) is 1.50. The molecular formula is C22H24ClF2N3O6. The van der Waals surface area contributed by atoms with Crippen molar-refractivity contribution in [2.75, 3.05) is 32.9 Å². The first kappa shape index (κ1) is 25.6. The summed E-state index contributed by atoms with van der Waals surface area (Å²) < 4.78 is 34.4. The van der Waals surface area contributed by atoms with Crippen molar-refractivity contribution in [3.8, 4) is 5.75 Å². The van der Waals surface area contributed by atoms with Gasteiger partial charge in [0, 0.05) is 38.0 Å². The zero-order chi connectivity index (χ0) is 25.0. The second-order valence-corrected chi connectivity index (χ2v) is 8.08. The van der Waals surface area contributed by atoms with E-state index in [0.717, 1.165) is 24.8 Å². The Bertz CT molecular complexity index is 1160. The summed E-state index contributed by atoms with van der Waals surface area (Å²) in [4.78, 5) is 39.5. The molecule has 12 heteroatoms. The number of β-amino-alcohol motifs (C(OH)–C–C–N with tert-alkyl or cyclic N) is 1. The Labute approximate surface area is 198 Å². The number of halogens is 3. The van der Waals surface area contributed by atoms with Crippen LogP contribution in [0.5, 0.6) is 5.75 Å². The van der Waals surface area contributed by atoms with Crippen LogP contribution in [0.2, 0.25) is 5.02 Å². The van der Waals surface area contributed by atoms with Crippen molar-refractivity contribution in [2.45, 2.75) is 25.9 Å². The molecule has 0 aliphatic carbocycles. The Morgan fingerprint density at radius 2 is 2.06 bits per heavy atom. The highest BCUT2D eigenvalue weighted by Crippen LogP contribution is 2.27. The molecule has 0 unspecified atom stereocenters. The number of hydrogen-bond donors (Lipinski definition) is 3. The predicted octanol–water partition coefficient (Wildman–Crippen LogP) is 1.83. The van der Waals surface area contributed by atoms with Crippen LogP contribution in [0.4, 0.5) is 8.78 Å². The average molecular weight is 500 g/mol. The molecule has 2 amide bonds. The van der Waals surface area contributed by atoms with Gasteiger partial charge >= 0.3 is 0 Å². The van der Waals surface area contributed by atoms with Crippen LogP contribution >= 0.6 is 11.6 Å². The van der Waals surface area contributed by atoms with Crippen LogP contribution in [-0.2, 0) is 11.3 Å². The van der Waals surface area contributed by atoms with Gasteiger partial charge in [-0.05, 0) is 12.5 Å². The van der Waals surface area contributed by atoms with Crippen molar-refractivity contribution in [3.63, 3.8) is 0 Å². The van der Waals surface area contributed by atoms with Crippen molar-refractivity contribution in [1.82, 2.24) is 14.8 Å². The lowest BCUT2D eigenvalue weighted by molar-refractivity contribution is 0.0465. The maximum Gasteiger partial charge on any atom is 0.274 e. The molecule has 184 valence electrons. The highest BCUT2D eigenvalue weighted by Gasteiger charge is 2.35. The smallest absolute Gasteiger partial charge is 0.274 e. The van der Waals surface area contributed by atoms with Gasteiger partial charge in [0.2, 0.25) is 5.43 Å². The van der Waals surface area contributed by atoms with Gasteiger partial charge in [-0.2, -0.15) is 0 Å². The van der Waals surface area contributed by atoms with E-state index in [1.807, 2.05) is 6.92 Å². The summed E-state index contributed by atoms with van der Waals surface area (Å²) in [5.74, 6) is -4.53. The molecule has 0 saturated carbocycles. The second kappa shape index (κ2) is 10.9. The summed E-state index contributed by atoms with van der Waals surface area (Å²) in [6.45, 7) is 1.87. The molecule has 9 nitrogen and oxygen atoms in total. The number of aliphatic hydroxyl groups is 1. The third-order valence-corrected chi connectivity index (χ3v) is 5.70. The number of hydrogen-bond acceptors (Lipinski definition) is 6. The quantitative estimate of drug-likeness (QED) is 0.357. The standard InChI is InChI=1S/C22H24ClF2N3O6/c1-2-7-34-11-13-9-27(5-6-29)22(33)18-20(31)19(30)14(10-28(13)18)21(32)26-8-12-3-4-15(24)16(23)17(12)25/h3-4,10,13,29,31H,2,5-9,11H2,1H3,(H,26,32)/t13-/m1/s1. The normalized spacial score (nSPS) is 15.4. The lowest BCUT2D eigenvalue weighted by Gasteiger charge is -2.36. The van der Waals surface area contributed by atoms with E-state index in [1.54, 1.807) is 0 Å². The molecule has 2 aromatic rings. The summed E-state index contributed by atoms with van der Waals surface area (Å²) >= 11 is 5.54. The molecule has 1 aliphatic rings. The monoisotopic (exact) mass is 499 g/mol. The van der Waals surface area contributed by atoms with E-state index < -0.39 is 57.8 Å². The molecule has 0 saturated heterocycles. The van der Waals surface area contributed by atoms with Gasteiger partial charge in [0.05, 0.1) is 19.3 Å². The molecule has 2 heterocycles.